The largest absolute Gasteiger partial charge is 0.387 e. The number of rotatable bonds is 7. The molecular formula is C22H26ClNO4. The maximum atomic E-state index is 10.8. The molecule has 0 spiro atoms. The number of carbonyl (C=O) groups excluding carboxylic acids is 1. The fraction of sp³-hybridized carbons (Fsp3) is 0.409. The highest BCUT2D eigenvalue weighted by atomic mass is 35.5. The summed E-state index contributed by atoms with van der Waals surface area (Å²) < 4.78 is 0. The van der Waals surface area contributed by atoms with Crippen LogP contribution >= 0.6 is 11.6 Å². The van der Waals surface area contributed by atoms with E-state index in [4.69, 9.17) is 16.5 Å². The van der Waals surface area contributed by atoms with E-state index >= 15 is 0 Å². The maximum absolute atomic E-state index is 10.8. The molecule has 0 heterocycles. The first-order chi connectivity index (χ1) is 13.5. The standard InChI is InChI=1S/C22H26ClNO4/c1-15(25)27-28-21-10-8-16(9-11-21)17-4-3-7-20(13-17)24-14-22(26)18-5-2-6-19(23)12-18/h2,5-6,8-12,17,20,22,24,26H,3-4,7,13-14H2,1H3/t17?,20?,22-/m0/s1. The van der Waals surface area contributed by atoms with Gasteiger partial charge in [-0.15, -0.1) is 0 Å². The van der Waals surface area contributed by atoms with Crippen molar-refractivity contribution < 1.29 is 19.7 Å². The molecule has 5 nitrogen and oxygen atoms in total. The number of carbonyl (C=O) groups is 1. The maximum Gasteiger partial charge on any atom is 0.352 e. The summed E-state index contributed by atoms with van der Waals surface area (Å²) in [6.07, 6.45) is 3.83. The number of nitrogens with one attached hydrogen (secondary N) is 1. The molecule has 150 valence electrons. The van der Waals surface area contributed by atoms with E-state index in [1.165, 1.54) is 12.5 Å². The van der Waals surface area contributed by atoms with E-state index in [9.17, 15) is 9.90 Å². The van der Waals surface area contributed by atoms with Crippen LogP contribution in [0.25, 0.3) is 0 Å². The first-order valence-electron chi connectivity index (χ1n) is 9.63. The molecule has 0 aliphatic heterocycles. The molecule has 0 amide bonds. The molecule has 2 N–H and O–H groups in total. The summed E-state index contributed by atoms with van der Waals surface area (Å²) in [7, 11) is 0. The minimum Gasteiger partial charge on any atom is -0.387 e. The highest BCUT2D eigenvalue weighted by Crippen LogP contribution is 2.34. The van der Waals surface area contributed by atoms with E-state index in [1.807, 2.05) is 36.4 Å². The minimum absolute atomic E-state index is 0.365. The SMILES string of the molecule is CC(=O)OOc1ccc(C2CCCC(NC[C@H](O)c3cccc(Cl)c3)C2)cc1. The van der Waals surface area contributed by atoms with Gasteiger partial charge < -0.3 is 10.4 Å². The third-order valence-electron chi connectivity index (χ3n) is 5.11. The van der Waals surface area contributed by atoms with Crippen molar-refractivity contribution in [1.82, 2.24) is 5.32 Å². The fourth-order valence-corrected chi connectivity index (χ4v) is 3.89. The Balaban J connectivity index is 1.51. The average Bonchev–Trinajstić information content (AvgIpc) is 2.71. The van der Waals surface area contributed by atoms with E-state index in [0.717, 1.165) is 31.2 Å². The van der Waals surface area contributed by atoms with Gasteiger partial charge in [-0.05, 0) is 60.6 Å². The molecular weight excluding hydrogens is 378 g/mol. The van der Waals surface area contributed by atoms with Crippen molar-refractivity contribution in [2.75, 3.05) is 6.54 Å². The van der Waals surface area contributed by atoms with Crippen LogP contribution in [-0.4, -0.2) is 23.7 Å². The molecule has 1 saturated carbocycles. The lowest BCUT2D eigenvalue weighted by molar-refractivity contribution is -0.210. The van der Waals surface area contributed by atoms with Crippen LogP contribution in [0.1, 0.15) is 55.8 Å². The van der Waals surface area contributed by atoms with Gasteiger partial charge in [-0.3, -0.25) is 9.78 Å². The lowest BCUT2D eigenvalue weighted by Crippen LogP contribution is -2.36. The molecule has 0 radical (unpaired) electrons. The zero-order valence-corrected chi connectivity index (χ0v) is 16.7. The van der Waals surface area contributed by atoms with Crippen LogP contribution in [0.3, 0.4) is 0 Å². The first-order valence-corrected chi connectivity index (χ1v) is 10.0. The van der Waals surface area contributed by atoms with Gasteiger partial charge in [0.15, 0.2) is 5.75 Å². The van der Waals surface area contributed by atoms with Crippen molar-refractivity contribution >= 4 is 17.6 Å². The quantitative estimate of drug-likeness (QED) is 0.524. The van der Waals surface area contributed by atoms with Gasteiger partial charge in [-0.25, -0.2) is 4.79 Å². The fourth-order valence-electron chi connectivity index (χ4n) is 3.69. The number of aliphatic hydroxyl groups is 1. The van der Waals surface area contributed by atoms with Gasteiger partial charge in [0.2, 0.25) is 0 Å². The third-order valence-corrected chi connectivity index (χ3v) is 5.35. The van der Waals surface area contributed by atoms with Gasteiger partial charge in [0, 0.05) is 24.5 Å². The second kappa shape index (κ2) is 9.92. The van der Waals surface area contributed by atoms with E-state index in [-0.39, 0.29) is 0 Å². The van der Waals surface area contributed by atoms with Crippen molar-refractivity contribution in [2.24, 2.45) is 0 Å². The number of hydrogen-bond donors (Lipinski definition) is 2. The zero-order valence-electron chi connectivity index (χ0n) is 15.9. The minimum atomic E-state index is -0.572. The molecule has 1 aliphatic rings. The summed E-state index contributed by atoms with van der Waals surface area (Å²) in [5.74, 6) is 0.483. The van der Waals surface area contributed by atoms with Gasteiger partial charge in [0.1, 0.15) is 0 Å². The van der Waals surface area contributed by atoms with Gasteiger partial charge >= 0.3 is 5.97 Å². The first kappa shape index (κ1) is 20.6. The molecule has 2 aromatic carbocycles. The topological polar surface area (TPSA) is 67.8 Å². The molecule has 3 atom stereocenters. The Morgan fingerprint density at radius 2 is 2.04 bits per heavy atom. The van der Waals surface area contributed by atoms with Crippen LogP contribution < -0.4 is 10.2 Å². The predicted molar refractivity (Wildman–Crippen MR) is 108 cm³/mol. The normalized spacial score (nSPS) is 20.4. The van der Waals surface area contributed by atoms with Crippen LogP contribution in [0.2, 0.25) is 5.02 Å². The van der Waals surface area contributed by atoms with Crippen molar-refractivity contribution in [1.29, 1.82) is 0 Å². The summed E-state index contributed by atoms with van der Waals surface area (Å²) in [6, 6.07) is 15.4. The van der Waals surface area contributed by atoms with Crippen molar-refractivity contribution in [3.8, 4) is 5.75 Å². The Kier molecular flexibility index (Phi) is 7.31. The van der Waals surface area contributed by atoms with Crippen LogP contribution in [0.4, 0.5) is 0 Å². The number of benzene rings is 2. The van der Waals surface area contributed by atoms with Gasteiger partial charge in [0.05, 0.1) is 6.10 Å². The summed E-state index contributed by atoms with van der Waals surface area (Å²) >= 11 is 6.01. The Labute approximate surface area is 170 Å². The van der Waals surface area contributed by atoms with Gasteiger partial charge in [-0.1, -0.05) is 42.3 Å². The van der Waals surface area contributed by atoms with Crippen molar-refractivity contribution in [3.63, 3.8) is 0 Å². The van der Waals surface area contributed by atoms with E-state index in [0.29, 0.717) is 29.3 Å². The van der Waals surface area contributed by atoms with Crippen molar-refractivity contribution in [2.45, 2.75) is 50.7 Å². The summed E-state index contributed by atoms with van der Waals surface area (Å²) in [5, 5.41) is 14.6. The summed E-state index contributed by atoms with van der Waals surface area (Å²) in [5.41, 5.74) is 2.08. The molecule has 0 bridgehead atoms. The Hall–Kier alpha value is -2.08. The van der Waals surface area contributed by atoms with Gasteiger partial charge in [0.25, 0.3) is 0 Å². The van der Waals surface area contributed by atoms with E-state index < -0.39 is 12.1 Å². The molecule has 3 rings (SSSR count). The highest BCUT2D eigenvalue weighted by molar-refractivity contribution is 6.30. The molecule has 28 heavy (non-hydrogen) atoms. The lowest BCUT2D eigenvalue weighted by Gasteiger charge is -2.31. The van der Waals surface area contributed by atoms with Crippen LogP contribution in [0.15, 0.2) is 48.5 Å². The summed E-state index contributed by atoms with van der Waals surface area (Å²) in [6.45, 7) is 1.81. The number of halogens is 1. The number of aliphatic hydroxyl groups excluding tert-OH is 1. The van der Waals surface area contributed by atoms with Crippen molar-refractivity contribution in [3.05, 3.63) is 64.7 Å². The van der Waals surface area contributed by atoms with Crippen LogP contribution in [-0.2, 0) is 9.68 Å². The smallest absolute Gasteiger partial charge is 0.352 e. The van der Waals surface area contributed by atoms with Crippen LogP contribution in [0.5, 0.6) is 5.75 Å². The zero-order chi connectivity index (χ0) is 19.9. The van der Waals surface area contributed by atoms with E-state index in [1.54, 1.807) is 12.1 Å². The molecule has 2 unspecified atom stereocenters. The van der Waals surface area contributed by atoms with Crippen LogP contribution in [0, 0.1) is 0 Å². The molecule has 0 aromatic heterocycles. The average molecular weight is 404 g/mol. The summed E-state index contributed by atoms with van der Waals surface area (Å²) in [4.78, 5) is 20.3. The second-order valence-corrected chi connectivity index (χ2v) is 7.70. The molecule has 6 heteroatoms. The Morgan fingerprint density at radius 1 is 1.25 bits per heavy atom. The number of hydrogen-bond acceptors (Lipinski definition) is 5. The van der Waals surface area contributed by atoms with E-state index in [2.05, 4.69) is 10.2 Å². The highest BCUT2D eigenvalue weighted by Gasteiger charge is 2.23. The monoisotopic (exact) mass is 403 g/mol. The predicted octanol–water partition coefficient (Wildman–Crippen LogP) is 4.55. The molecule has 2 aromatic rings. The Bertz CT molecular complexity index is 780. The third kappa shape index (κ3) is 5.96. The molecule has 0 saturated heterocycles. The molecule has 1 aliphatic carbocycles. The Morgan fingerprint density at radius 3 is 2.75 bits per heavy atom. The van der Waals surface area contributed by atoms with Gasteiger partial charge in [-0.2, -0.15) is 0 Å². The second-order valence-electron chi connectivity index (χ2n) is 7.27. The molecule has 1 fully saturated rings. The lowest BCUT2D eigenvalue weighted by atomic mass is 9.81.